The van der Waals surface area contributed by atoms with Gasteiger partial charge in [0.05, 0.1) is 6.20 Å². The Labute approximate surface area is 147 Å². The molecule has 0 spiro atoms. The number of carbonyl (C=O) groups excluding carboxylic acids is 2. The van der Waals surface area contributed by atoms with Crippen LogP contribution >= 0.6 is 23.2 Å². The Bertz CT molecular complexity index is 817. The number of urea groups is 1. The number of rotatable bonds is 4. The SMILES string of the molecule is C=C1NC(=O)N(c2ccc(OCc3c(Cl)cccc3Cl)cn2)C1=O. The molecule has 1 aliphatic heterocycles. The van der Waals surface area contributed by atoms with Crippen molar-refractivity contribution in [3.63, 3.8) is 0 Å². The molecule has 0 radical (unpaired) electrons. The van der Waals surface area contributed by atoms with Gasteiger partial charge in [0.25, 0.3) is 5.91 Å². The van der Waals surface area contributed by atoms with Crippen molar-refractivity contribution >= 4 is 41.0 Å². The zero-order valence-electron chi connectivity index (χ0n) is 12.3. The van der Waals surface area contributed by atoms with Gasteiger partial charge in [0.15, 0.2) is 0 Å². The van der Waals surface area contributed by atoms with Crippen LogP contribution in [0.3, 0.4) is 0 Å². The van der Waals surface area contributed by atoms with Crippen molar-refractivity contribution in [3.05, 3.63) is 64.4 Å². The van der Waals surface area contributed by atoms with Crippen LogP contribution in [0.15, 0.2) is 48.8 Å². The molecule has 2 heterocycles. The smallest absolute Gasteiger partial charge is 0.334 e. The minimum atomic E-state index is -0.589. The highest BCUT2D eigenvalue weighted by Crippen LogP contribution is 2.26. The van der Waals surface area contributed by atoms with Gasteiger partial charge in [0.2, 0.25) is 0 Å². The van der Waals surface area contributed by atoms with Gasteiger partial charge in [-0.25, -0.2) is 14.7 Å². The predicted octanol–water partition coefficient (Wildman–Crippen LogP) is 3.54. The van der Waals surface area contributed by atoms with Crippen molar-refractivity contribution < 1.29 is 14.3 Å². The summed E-state index contributed by atoms with van der Waals surface area (Å²) in [5.41, 5.74) is 0.672. The van der Waals surface area contributed by atoms with Gasteiger partial charge in [-0.3, -0.25) is 4.79 Å². The van der Waals surface area contributed by atoms with Gasteiger partial charge in [0, 0.05) is 15.6 Å². The van der Waals surface area contributed by atoms with Gasteiger partial charge in [0.1, 0.15) is 23.9 Å². The average Bonchev–Trinajstić information content (AvgIpc) is 2.80. The Kier molecular flexibility index (Phi) is 4.42. The van der Waals surface area contributed by atoms with E-state index < -0.39 is 11.9 Å². The van der Waals surface area contributed by atoms with Crippen molar-refractivity contribution in [2.75, 3.05) is 4.90 Å². The number of nitrogens with one attached hydrogen (secondary N) is 1. The lowest BCUT2D eigenvalue weighted by Gasteiger charge is -2.12. The fourth-order valence-electron chi connectivity index (χ4n) is 2.09. The van der Waals surface area contributed by atoms with Crippen LogP contribution in [0, 0.1) is 0 Å². The number of aromatic nitrogens is 1. The number of carbonyl (C=O) groups is 2. The monoisotopic (exact) mass is 363 g/mol. The Balaban J connectivity index is 1.73. The van der Waals surface area contributed by atoms with Gasteiger partial charge >= 0.3 is 6.03 Å². The fraction of sp³-hybridized carbons (Fsp3) is 0.0625. The van der Waals surface area contributed by atoms with Crippen molar-refractivity contribution in [1.82, 2.24) is 10.3 Å². The van der Waals surface area contributed by atoms with E-state index in [-0.39, 0.29) is 18.1 Å². The maximum absolute atomic E-state index is 11.8. The second kappa shape index (κ2) is 6.51. The summed E-state index contributed by atoms with van der Waals surface area (Å²) in [4.78, 5) is 28.5. The number of nitrogens with zero attached hydrogens (tertiary/aromatic N) is 2. The van der Waals surface area contributed by atoms with Crippen molar-refractivity contribution in [2.24, 2.45) is 0 Å². The third-order valence-electron chi connectivity index (χ3n) is 3.32. The number of pyridine rings is 1. The highest BCUT2D eigenvalue weighted by Gasteiger charge is 2.34. The van der Waals surface area contributed by atoms with Gasteiger partial charge < -0.3 is 10.1 Å². The standard InChI is InChI=1S/C16H11Cl2N3O3/c1-9-15(22)21(16(23)20-9)14-6-5-10(7-19-14)24-8-11-12(17)3-2-4-13(11)18/h2-7H,1,8H2,(H,20,23). The van der Waals surface area contributed by atoms with Crippen LogP contribution in [0.2, 0.25) is 10.0 Å². The third-order valence-corrected chi connectivity index (χ3v) is 4.03. The minimum absolute atomic E-state index is 0.00971. The molecular formula is C16H11Cl2N3O3. The van der Waals surface area contributed by atoms with Crippen LogP contribution in [-0.4, -0.2) is 16.9 Å². The number of hydrogen-bond acceptors (Lipinski definition) is 4. The van der Waals surface area contributed by atoms with Gasteiger partial charge in [-0.1, -0.05) is 35.8 Å². The maximum Gasteiger partial charge on any atom is 0.334 e. The largest absolute Gasteiger partial charge is 0.487 e. The topological polar surface area (TPSA) is 71.5 Å². The van der Waals surface area contributed by atoms with Crippen LogP contribution < -0.4 is 15.0 Å². The lowest BCUT2D eigenvalue weighted by molar-refractivity contribution is -0.113. The van der Waals surface area contributed by atoms with Crippen LogP contribution in [-0.2, 0) is 11.4 Å². The van der Waals surface area contributed by atoms with E-state index in [9.17, 15) is 9.59 Å². The van der Waals surface area contributed by atoms with Crippen LogP contribution in [0.4, 0.5) is 10.6 Å². The zero-order valence-corrected chi connectivity index (χ0v) is 13.8. The third kappa shape index (κ3) is 3.06. The highest BCUT2D eigenvalue weighted by atomic mass is 35.5. The lowest BCUT2D eigenvalue weighted by atomic mass is 10.2. The molecule has 1 saturated heterocycles. The molecule has 0 saturated carbocycles. The van der Waals surface area contributed by atoms with Gasteiger partial charge in [-0.15, -0.1) is 0 Å². The summed E-state index contributed by atoms with van der Waals surface area (Å²) in [7, 11) is 0. The second-order valence-electron chi connectivity index (χ2n) is 4.89. The summed E-state index contributed by atoms with van der Waals surface area (Å²) in [5, 5.41) is 3.34. The van der Waals surface area contributed by atoms with Gasteiger partial charge in [-0.2, -0.15) is 0 Å². The summed E-state index contributed by atoms with van der Waals surface area (Å²) < 4.78 is 5.59. The van der Waals surface area contributed by atoms with E-state index in [1.165, 1.54) is 12.3 Å². The Morgan fingerprint density at radius 1 is 1.17 bits per heavy atom. The Morgan fingerprint density at radius 3 is 2.42 bits per heavy atom. The Hall–Kier alpha value is -2.57. The lowest BCUT2D eigenvalue weighted by Crippen LogP contribution is -2.31. The molecule has 0 atom stereocenters. The molecule has 3 rings (SSSR count). The van der Waals surface area contributed by atoms with E-state index in [1.54, 1.807) is 24.3 Å². The molecule has 24 heavy (non-hydrogen) atoms. The quantitative estimate of drug-likeness (QED) is 0.666. The summed E-state index contributed by atoms with van der Waals surface area (Å²) in [6.07, 6.45) is 1.40. The van der Waals surface area contributed by atoms with E-state index in [2.05, 4.69) is 16.9 Å². The average molecular weight is 364 g/mol. The molecule has 8 heteroatoms. The first kappa shape index (κ1) is 16.3. The van der Waals surface area contributed by atoms with E-state index in [0.29, 0.717) is 21.4 Å². The fourth-order valence-corrected chi connectivity index (χ4v) is 2.60. The van der Waals surface area contributed by atoms with Crippen LogP contribution in [0.25, 0.3) is 0 Å². The first-order valence-electron chi connectivity index (χ1n) is 6.83. The molecule has 3 amide bonds. The molecule has 1 N–H and O–H groups in total. The number of ether oxygens (including phenoxy) is 1. The molecule has 1 aromatic carbocycles. The molecule has 0 aliphatic carbocycles. The number of benzene rings is 1. The van der Waals surface area contributed by atoms with Gasteiger partial charge in [-0.05, 0) is 24.3 Å². The zero-order chi connectivity index (χ0) is 17.3. The molecular weight excluding hydrogens is 353 g/mol. The van der Waals surface area contributed by atoms with Crippen LogP contribution in [0.1, 0.15) is 5.56 Å². The normalized spacial score (nSPS) is 14.1. The maximum atomic E-state index is 11.8. The molecule has 1 aromatic heterocycles. The molecule has 0 bridgehead atoms. The predicted molar refractivity (Wildman–Crippen MR) is 90.2 cm³/mol. The molecule has 0 unspecified atom stereocenters. The molecule has 1 aliphatic rings. The summed E-state index contributed by atoms with van der Waals surface area (Å²) in [6.45, 7) is 3.62. The van der Waals surface area contributed by atoms with E-state index in [4.69, 9.17) is 27.9 Å². The molecule has 2 aromatic rings. The van der Waals surface area contributed by atoms with Crippen molar-refractivity contribution in [1.29, 1.82) is 0 Å². The van der Waals surface area contributed by atoms with Crippen LogP contribution in [0.5, 0.6) is 5.75 Å². The molecule has 1 fully saturated rings. The first-order chi connectivity index (χ1) is 11.5. The number of imide groups is 1. The molecule has 6 nitrogen and oxygen atoms in total. The first-order valence-corrected chi connectivity index (χ1v) is 7.59. The van der Waals surface area contributed by atoms with E-state index in [0.717, 1.165) is 4.90 Å². The number of anilines is 1. The number of halogens is 2. The minimum Gasteiger partial charge on any atom is -0.487 e. The van der Waals surface area contributed by atoms with Crippen molar-refractivity contribution in [2.45, 2.75) is 6.61 Å². The van der Waals surface area contributed by atoms with E-state index in [1.807, 2.05) is 0 Å². The summed E-state index contributed by atoms with van der Waals surface area (Å²) >= 11 is 12.2. The highest BCUT2D eigenvalue weighted by molar-refractivity contribution is 6.36. The molecule has 122 valence electrons. The number of amides is 3. The summed E-state index contributed by atoms with van der Waals surface area (Å²) in [6, 6.07) is 7.69. The van der Waals surface area contributed by atoms with E-state index >= 15 is 0 Å². The second-order valence-corrected chi connectivity index (χ2v) is 5.70. The summed E-state index contributed by atoms with van der Waals surface area (Å²) in [5.74, 6) is 0.0870. The van der Waals surface area contributed by atoms with Crippen molar-refractivity contribution in [3.8, 4) is 5.75 Å². The number of hydrogen-bond donors (Lipinski definition) is 1. The Morgan fingerprint density at radius 2 is 1.88 bits per heavy atom.